The van der Waals surface area contributed by atoms with Crippen LogP contribution in [0.2, 0.25) is 0 Å². The fourth-order valence-electron chi connectivity index (χ4n) is 3.99. The molecule has 4 rings (SSSR count). The molecule has 0 aliphatic carbocycles. The summed E-state index contributed by atoms with van der Waals surface area (Å²) in [6.45, 7) is 1.54. The van der Waals surface area contributed by atoms with Crippen LogP contribution in [0.3, 0.4) is 0 Å². The summed E-state index contributed by atoms with van der Waals surface area (Å²) in [7, 11) is 0. The third kappa shape index (κ3) is 5.03. The molecule has 2 N–H and O–H groups in total. The number of rotatable bonds is 5. The zero-order valence-corrected chi connectivity index (χ0v) is 18.5. The molecule has 0 atom stereocenters. The molecule has 1 aliphatic heterocycles. The van der Waals surface area contributed by atoms with Crippen molar-refractivity contribution in [2.24, 2.45) is 0 Å². The van der Waals surface area contributed by atoms with Crippen molar-refractivity contribution in [3.8, 4) is 0 Å². The topological polar surface area (TPSA) is 61.4 Å². The van der Waals surface area contributed by atoms with Crippen molar-refractivity contribution in [1.29, 1.82) is 0 Å². The van der Waals surface area contributed by atoms with Gasteiger partial charge in [0.2, 0.25) is 5.91 Å². The van der Waals surface area contributed by atoms with Crippen LogP contribution in [-0.2, 0) is 4.79 Å². The fourth-order valence-corrected chi connectivity index (χ4v) is 4.20. The van der Waals surface area contributed by atoms with Gasteiger partial charge in [0.1, 0.15) is 0 Å². The van der Waals surface area contributed by atoms with E-state index in [4.69, 9.17) is 12.2 Å². The second kappa shape index (κ2) is 10.2. The monoisotopic (exact) mass is 443 g/mol. The van der Waals surface area contributed by atoms with Gasteiger partial charge < -0.3 is 15.5 Å². The highest BCUT2D eigenvalue weighted by Gasteiger charge is 2.25. The summed E-state index contributed by atoms with van der Waals surface area (Å²) < 4.78 is 0. The lowest BCUT2D eigenvalue weighted by Crippen LogP contribution is -2.38. The van der Waals surface area contributed by atoms with Gasteiger partial charge in [-0.15, -0.1) is 0 Å². The van der Waals surface area contributed by atoms with E-state index >= 15 is 0 Å². The van der Waals surface area contributed by atoms with Gasteiger partial charge in [-0.05, 0) is 48.3 Å². The van der Waals surface area contributed by atoms with E-state index in [1.165, 1.54) is 0 Å². The van der Waals surface area contributed by atoms with Crippen molar-refractivity contribution in [3.05, 3.63) is 102 Å². The number of para-hydroxylation sites is 1. The highest BCUT2D eigenvalue weighted by molar-refractivity contribution is 7.80. The van der Waals surface area contributed by atoms with Crippen LogP contribution in [0.25, 0.3) is 0 Å². The maximum Gasteiger partial charge on any atom is 0.255 e. The summed E-state index contributed by atoms with van der Waals surface area (Å²) in [5.74, 6) is -0.756. The third-order valence-electron chi connectivity index (χ3n) is 5.56. The van der Waals surface area contributed by atoms with Crippen molar-refractivity contribution in [2.75, 3.05) is 18.4 Å². The van der Waals surface area contributed by atoms with E-state index in [0.29, 0.717) is 11.3 Å². The van der Waals surface area contributed by atoms with Gasteiger partial charge >= 0.3 is 0 Å². The Labute approximate surface area is 193 Å². The number of carbonyl (C=O) groups is 2. The Morgan fingerprint density at radius 2 is 1.31 bits per heavy atom. The van der Waals surface area contributed by atoms with Crippen LogP contribution in [0, 0.1) is 0 Å². The van der Waals surface area contributed by atoms with Gasteiger partial charge in [0.15, 0.2) is 5.11 Å². The lowest BCUT2D eigenvalue weighted by Gasteiger charge is -2.20. The zero-order chi connectivity index (χ0) is 22.3. The normalized spacial score (nSPS) is 13.1. The van der Waals surface area contributed by atoms with Crippen LogP contribution in [0.1, 0.15) is 40.2 Å². The lowest BCUT2D eigenvalue weighted by molar-refractivity contribution is -0.120. The molecule has 6 heteroatoms. The Kier molecular flexibility index (Phi) is 6.92. The lowest BCUT2D eigenvalue weighted by atomic mass is 9.90. The summed E-state index contributed by atoms with van der Waals surface area (Å²) in [4.78, 5) is 28.0. The van der Waals surface area contributed by atoms with Crippen LogP contribution in [0.15, 0.2) is 84.9 Å². The summed E-state index contributed by atoms with van der Waals surface area (Å²) in [6.07, 6.45) is 2.05. The van der Waals surface area contributed by atoms with E-state index in [-0.39, 0.29) is 16.9 Å². The van der Waals surface area contributed by atoms with Crippen LogP contribution in [0.5, 0.6) is 0 Å². The fraction of sp³-hybridized carbons (Fsp3) is 0.192. The molecule has 3 aromatic rings. The SMILES string of the molecule is O=C(NC(=S)Nc1ccccc1C(=O)N1CCCC1)C(c1ccccc1)c1ccccc1. The van der Waals surface area contributed by atoms with Crippen molar-refractivity contribution >= 4 is 34.8 Å². The van der Waals surface area contributed by atoms with Crippen LogP contribution in [-0.4, -0.2) is 34.9 Å². The molecule has 1 aliphatic rings. The first kappa shape index (κ1) is 21.7. The summed E-state index contributed by atoms with van der Waals surface area (Å²) in [5, 5.41) is 6.03. The number of anilines is 1. The largest absolute Gasteiger partial charge is 0.339 e. The average Bonchev–Trinajstić information content (AvgIpc) is 3.35. The molecule has 0 saturated carbocycles. The summed E-state index contributed by atoms with van der Waals surface area (Å²) in [6, 6.07) is 26.5. The van der Waals surface area contributed by atoms with Gasteiger partial charge in [0.25, 0.3) is 5.91 Å². The predicted octanol–water partition coefficient (Wildman–Crippen LogP) is 4.57. The molecule has 0 bridgehead atoms. The zero-order valence-electron chi connectivity index (χ0n) is 17.7. The highest BCUT2D eigenvalue weighted by Crippen LogP contribution is 2.25. The Balaban J connectivity index is 1.51. The van der Waals surface area contributed by atoms with Crippen molar-refractivity contribution in [1.82, 2.24) is 10.2 Å². The van der Waals surface area contributed by atoms with Crippen LogP contribution in [0.4, 0.5) is 5.69 Å². The minimum atomic E-state index is -0.501. The molecular weight excluding hydrogens is 418 g/mol. The number of hydrogen-bond acceptors (Lipinski definition) is 3. The van der Waals surface area contributed by atoms with E-state index in [1.54, 1.807) is 12.1 Å². The van der Waals surface area contributed by atoms with Gasteiger partial charge in [-0.2, -0.15) is 0 Å². The number of amides is 2. The number of likely N-dealkylation sites (tertiary alicyclic amines) is 1. The number of nitrogens with one attached hydrogen (secondary N) is 2. The minimum absolute atomic E-state index is 0.0221. The molecule has 32 heavy (non-hydrogen) atoms. The first-order valence-corrected chi connectivity index (χ1v) is 11.1. The Morgan fingerprint density at radius 3 is 1.91 bits per heavy atom. The molecule has 0 unspecified atom stereocenters. The smallest absolute Gasteiger partial charge is 0.255 e. The predicted molar refractivity (Wildman–Crippen MR) is 131 cm³/mol. The van der Waals surface area contributed by atoms with Crippen molar-refractivity contribution in [2.45, 2.75) is 18.8 Å². The quantitative estimate of drug-likeness (QED) is 0.567. The van der Waals surface area contributed by atoms with Gasteiger partial charge in [-0.3, -0.25) is 9.59 Å². The van der Waals surface area contributed by atoms with Crippen molar-refractivity contribution in [3.63, 3.8) is 0 Å². The maximum absolute atomic E-state index is 13.3. The maximum atomic E-state index is 13.3. The van der Waals surface area contributed by atoms with Crippen molar-refractivity contribution < 1.29 is 9.59 Å². The highest BCUT2D eigenvalue weighted by atomic mass is 32.1. The molecular formula is C26H25N3O2S. The second-order valence-electron chi connectivity index (χ2n) is 7.74. The van der Waals surface area contributed by atoms with Gasteiger partial charge in [0, 0.05) is 13.1 Å². The average molecular weight is 444 g/mol. The van der Waals surface area contributed by atoms with Gasteiger partial charge in [-0.25, -0.2) is 0 Å². The van der Waals surface area contributed by atoms with E-state index in [0.717, 1.165) is 37.1 Å². The molecule has 5 nitrogen and oxygen atoms in total. The molecule has 0 radical (unpaired) electrons. The molecule has 2 amide bonds. The van der Waals surface area contributed by atoms with Crippen LogP contribution < -0.4 is 10.6 Å². The first-order valence-electron chi connectivity index (χ1n) is 10.7. The third-order valence-corrected chi connectivity index (χ3v) is 5.77. The Morgan fingerprint density at radius 1 is 0.781 bits per heavy atom. The van der Waals surface area contributed by atoms with Gasteiger partial charge in [0.05, 0.1) is 17.2 Å². The van der Waals surface area contributed by atoms with E-state index in [9.17, 15) is 9.59 Å². The Hall–Kier alpha value is -3.51. The van der Waals surface area contributed by atoms with Crippen LogP contribution >= 0.6 is 12.2 Å². The second-order valence-corrected chi connectivity index (χ2v) is 8.15. The number of carbonyl (C=O) groups excluding carboxylic acids is 2. The minimum Gasteiger partial charge on any atom is -0.339 e. The first-order chi connectivity index (χ1) is 15.6. The Bertz CT molecular complexity index is 1060. The molecule has 1 heterocycles. The molecule has 3 aromatic carbocycles. The molecule has 1 saturated heterocycles. The number of benzene rings is 3. The van der Waals surface area contributed by atoms with Gasteiger partial charge in [-0.1, -0.05) is 72.8 Å². The summed E-state index contributed by atoms with van der Waals surface area (Å²) >= 11 is 5.44. The number of thiocarbonyl (C=S) groups is 1. The molecule has 0 spiro atoms. The standard InChI is InChI=1S/C26H25N3O2S/c30-24(23(19-11-3-1-4-12-19)20-13-5-2-6-14-20)28-26(32)27-22-16-8-7-15-21(22)25(31)29-17-9-10-18-29/h1-8,11-16,23H,9-10,17-18H2,(H2,27,28,30,32). The number of nitrogens with zero attached hydrogens (tertiary/aromatic N) is 1. The molecule has 1 fully saturated rings. The molecule has 0 aromatic heterocycles. The van der Waals surface area contributed by atoms with E-state index in [1.807, 2.05) is 77.7 Å². The number of hydrogen-bond donors (Lipinski definition) is 2. The van der Waals surface area contributed by atoms with E-state index < -0.39 is 5.92 Å². The van der Waals surface area contributed by atoms with E-state index in [2.05, 4.69) is 10.6 Å². The molecule has 162 valence electrons. The summed E-state index contributed by atoms with van der Waals surface area (Å²) in [5.41, 5.74) is 2.89.